The van der Waals surface area contributed by atoms with Crippen LogP contribution in [0.2, 0.25) is 0 Å². The summed E-state index contributed by atoms with van der Waals surface area (Å²) in [5.74, 6) is -1.12. The molecule has 0 atom stereocenters. The van der Waals surface area contributed by atoms with Gasteiger partial charge in [0.25, 0.3) is 5.91 Å². The zero-order valence-electron chi connectivity index (χ0n) is 15.3. The van der Waals surface area contributed by atoms with Crippen LogP contribution in [0.25, 0.3) is 10.1 Å². The van der Waals surface area contributed by atoms with Gasteiger partial charge in [-0.25, -0.2) is 5.48 Å². The Hall–Kier alpha value is -3.48. The lowest BCUT2D eigenvalue weighted by Gasteiger charge is -2.18. The van der Waals surface area contributed by atoms with E-state index in [9.17, 15) is 9.59 Å². The number of carbonyl (C=O) groups is 2. The number of thiophene rings is 1. The van der Waals surface area contributed by atoms with E-state index in [0.717, 1.165) is 21.2 Å². The minimum absolute atomic E-state index is 0.133. The molecule has 1 aromatic heterocycles. The van der Waals surface area contributed by atoms with Gasteiger partial charge in [-0.15, -0.1) is 11.3 Å². The monoisotopic (exact) mass is 402 g/mol. The Morgan fingerprint density at radius 2 is 1.45 bits per heavy atom. The van der Waals surface area contributed by atoms with Gasteiger partial charge in [-0.2, -0.15) is 0 Å². The molecule has 3 N–H and O–H groups in total. The number of hydrogen-bond acceptors (Lipinski definition) is 4. The maximum absolute atomic E-state index is 13.2. The number of carbonyl (C=O) groups excluding carboxylic acids is 2. The van der Waals surface area contributed by atoms with Crippen LogP contribution in [0.5, 0.6) is 0 Å². The van der Waals surface area contributed by atoms with E-state index in [1.165, 1.54) is 11.3 Å². The summed E-state index contributed by atoms with van der Waals surface area (Å²) in [6.07, 6.45) is 0. The fraction of sp³-hybridized carbons (Fsp3) is 0.0435. The molecule has 0 saturated heterocycles. The van der Waals surface area contributed by atoms with E-state index in [0.29, 0.717) is 10.6 Å². The first kappa shape index (κ1) is 18.9. The van der Waals surface area contributed by atoms with Crippen molar-refractivity contribution in [3.8, 4) is 0 Å². The molecule has 4 rings (SSSR count). The van der Waals surface area contributed by atoms with E-state index >= 15 is 0 Å². The second-order valence-electron chi connectivity index (χ2n) is 6.55. The minimum Gasteiger partial charge on any atom is -0.325 e. The number of benzene rings is 3. The standard InChI is InChI=1S/C23H18N2O3S/c26-22(25-28)20-13-17-11-12-18(14-19(17)29-20)24-23(27)21(15-7-3-1-4-8-15)16-9-5-2-6-10-16/h1-14,21,28H,(H,24,27)(H,25,26). The molecule has 144 valence electrons. The van der Waals surface area contributed by atoms with Crippen molar-refractivity contribution in [2.45, 2.75) is 5.92 Å². The van der Waals surface area contributed by atoms with Crippen molar-refractivity contribution in [1.82, 2.24) is 5.48 Å². The zero-order valence-corrected chi connectivity index (χ0v) is 16.1. The van der Waals surface area contributed by atoms with Crippen LogP contribution < -0.4 is 10.8 Å². The van der Waals surface area contributed by atoms with Crippen molar-refractivity contribution < 1.29 is 14.8 Å². The van der Waals surface area contributed by atoms with Crippen LogP contribution in [0.3, 0.4) is 0 Å². The van der Waals surface area contributed by atoms with E-state index in [-0.39, 0.29) is 5.91 Å². The molecule has 4 aromatic rings. The van der Waals surface area contributed by atoms with Crippen molar-refractivity contribution in [3.63, 3.8) is 0 Å². The fourth-order valence-corrected chi connectivity index (χ4v) is 4.27. The smallest absolute Gasteiger partial charge is 0.284 e. The zero-order chi connectivity index (χ0) is 20.2. The highest BCUT2D eigenvalue weighted by Crippen LogP contribution is 2.30. The van der Waals surface area contributed by atoms with Crippen molar-refractivity contribution >= 4 is 38.9 Å². The maximum atomic E-state index is 13.2. The molecule has 0 aliphatic rings. The predicted octanol–water partition coefficient (Wildman–Crippen LogP) is 4.79. The Kier molecular flexibility index (Phi) is 5.37. The molecular formula is C23H18N2O3S. The summed E-state index contributed by atoms with van der Waals surface area (Å²) in [6.45, 7) is 0. The first-order valence-electron chi connectivity index (χ1n) is 9.04. The average molecular weight is 402 g/mol. The molecule has 0 spiro atoms. The summed E-state index contributed by atoms with van der Waals surface area (Å²) < 4.78 is 0.845. The minimum atomic E-state index is -0.551. The summed E-state index contributed by atoms with van der Waals surface area (Å²) in [5.41, 5.74) is 4.12. The molecule has 0 radical (unpaired) electrons. The first-order valence-corrected chi connectivity index (χ1v) is 9.86. The molecular weight excluding hydrogens is 384 g/mol. The van der Waals surface area contributed by atoms with Crippen molar-refractivity contribution in [2.24, 2.45) is 0 Å². The van der Waals surface area contributed by atoms with Crippen LogP contribution in [-0.4, -0.2) is 17.0 Å². The van der Waals surface area contributed by atoms with Gasteiger partial charge in [0.2, 0.25) is 5.91 Å². The second kappa shape index (κ2) is 8.26. The Bertz CT molecular complexity index is 1120. The molecule has 0 fully saturated rings. The summed E-state index contributed by atoms with van der Waals surface area (Å²) in [7, 11) is 0. The Morgan fingerprint density at radius 3 is 2.03 bits per heavy atom. The molecule has 29 heavy (non-hydrogen) atoms. The van der Waals surface area contributed by atoms with E-state index in [4.69, 9.17) is 5.21 Å². The van der Waals surface area contributed by atoms with E-state index < -0.39 is 11.8 Å². The number of hydroxylamine groups is 1. The largest absolute Gasteiger partial charge is 0.325 e. The molecule has 1 heterocycles. The lowest BCUT2D eigenvalue weighted by Crippen LogP contribution is -2.22. The molecule has 3 aromatic carbocycles. The van der Waals surface area contributed by atoms with Gasteiger partial charge in [-0.05, 0) is 34.7 Å². The summed E-state index contributed by atoms with van der Waals surface area (Å²) in [5, 5.41) is 12.7. The van der Waals surface area contributed by atoms with Crippen LogP contribution in [-0.2, 0) is 4.79 Å². The second-order valence-corrected chi connectivity index (χ2v) is 7.63. The predicted molar refractivity (Wildman–Crippen MR) is 114 cm³/mol. The van der Waals surface area contributed by atoms with Crippen LogP contribution in [0, 0.1) is 0 Å². The maximum Gasteiger partial charge on any atom is 0.284 e. The van der Waals surface area contributed by atoms with Gasteiger partial charge in [0.15, 0.2) is 0 Å². The van der Waals surface area contributed by atoms with E-state index in [1.807, 2.05) is 72.8 Å². The molecule has 6 heteroatoms. The third-order valence-electron chi connectivity index (χ3n) is 4.64. The van der Waals surface area contributed by atoms with Gasteiger partial charge in [-0.3, -0.25) is 14.8 Å². The number of fused-ring (bicyclic) bond motifs is 1. The normalized spacial score (nSPS) is 10.8. The Labute approximate surface area is 171 Å². The lowest BCUT2D eigenvalue weighted by atomic mass is 9.90. The number of nitrogens with one attached hydrogen (secondary N) is 2. The molecule has 0 aliphatic heterocycles. The fourth-order valence-electron chi connectivity index (χ4n) is 3.28. The van der Waals surface area contributed by atoms with Gasteiger partial charge in [-0.1, -0.05) is 66.7 Å². The molecule has 0 bridgehead atoms. The number of anilines is 1. The summed E-state index contributed by atoms with van der Waals surface area (Å²) in [4.78, 5) is 25.2. The van der Waals surface area contributed by atoms with Crippen molar-refractivity contribution in [2.75, 3.05) is 5.32 Å². The Morgan fingerprint density at radius 1 is 0.828 bits per heavy atom. The van der Waals surface area contributed by atoms with E-state index in [2.05, 4.69) is 5.32 Å². The van der Waals surface area contributed by atoms with Crippen LogP contribution in [0.4, 0.5) is 5.69 Å². The molecule has 0 unspecified atom stereocenters. The van der Waals surface area contributed by atoms with Crippen molar-refractivity contribution in [3.05, 3.63) is 101 Å². The Balaban J connectivity index is 1.64. The van der Waals surface area contributed by atoms with Crippen molar-refractivity contribution in [1.29, 1.82) is 0 Å². The highest BCUT2D eigenvalue weighted by atomic mass is 32.1. The van der Waals surface area contributed by atoms with Gasteiger partial charge in [0.1, 0.15) is 0 Å². The number of hydrogen-bond donors (Lipinski definition) is 3. The summed E-state index contributed by atoms with van der Waals surface area (Å²) >= 11 is 1.25. The first-order chi connectivity index (χ1) is 14.2. The quantitative estimate of drug-likeness (QED) is 0.332. The lowest BCUT2D eigenvalue weighted by molar-refractivity contribution is -0.116. The van der Waals surface area contributed by atoms with Crippen LogP contribution >= 0.6 is 11.3 Å². The van der Waals surface area contributed by atoms with Crippen LogP contribution in [0.15, 0.2) is 84.9 Å². The highest BCUT2D eigenvalue weighted by Gasteiger charge is 2.22. The third-order valence-corrected chi connectivity index (χ3v) is 5.74. The molecule has 2 amide bonds. The average Bonchev–Trinajstić information content (AvgIpc) is 3.18. The highest BCUT2D eigenvalue weighted by molar-refractivity contribution is 7.20. The van der Waals surface area contributed by atoms with Gasteiger partial charge in [0.05, 0.1) is 10.8 Å². The SMILES string of the molecule is O=C(NO)c1cc2ccc(NC(=O)C(c3ccccc3)c3ccccc3)cc2s1. The number of rotatable bonds is 5. The third kappa shape index (κ3) is 4.03. The van der Waals surface area contributed by atoms with Crippen LogP contribution in [0.1, 0.15) is 26.7 Å². The molecule has 0 aliphatic carbocycles. The van der Waals surface area contributed by atoms with Gasteiger partial charge >= 0.3 is 0 Å². The molecule has 0 saturated carbocycles. The van der Waals surface area contributed by atoms with Gasteiger partial charge < -0.3 is 5.32 Å². The topological polar surface area (TPSA) is 78.4 Å². The number of amides is 2. The van der Waals surface area contributed by atoms with Gasteiger partial charge in [0, 0.05) is 10.4 Å². The summed E-state index contributed by atoms with van der Waals surface area (Å²) in [6, 6.07) is 26.5. The molecule has 5 nitrogen and oxygen atoms in total. The van der Waals surface area contributed by atoms with E-state index in [1.54, 1.807) is 17.6 Å².